The van der Waals surface area contributed by atoms with Crippen LogP contribution in [0.15, 0.2) is 30.5 Å². The van der Waals surface area contributed by atoms with E-state index in [0.29, 0.717) is 6.54 Å². The summed E-state index contributed by atoms with van der Waals surface area (Å²) in [4.78, 5) is 11.0. The molecule has 0 aliphatic rings. The first-order valence-corrected chi connectivity index (χ1v) is 6.02. The van der Waals surface area contributed by atoms with Gasteiger partial charge in [0.15, 0.2) is 0 Å². The van der Waals surface area contributed by atoms with E-state index in [4.69, 9.17) is 10.5 Å². The van der Waals surface area contributed by atoms with E-state index in [9.17, 15) is 4.79 Å². The number of rotatable bonds is 5. The Morgan fingerprint density at radius 2 is 2.21 bits per heavy atom. The van der Waals surface area contributed by atoms with Crippen LogP contribution in [0.1, 0.15) is 16.8 Å². The maximum atomic E-state index is 11.0. The normalized spacial score (nSPS) is 10.4. The van der Waals surface area contributed by atoms with E-state index in [2.05, 4.69) is 11.2 Å². The van der Waals surface area contributed by atoms with Gasteiger partial charge in [0.25, 0.3) is 0 Å². The van der Waals surface area contributed by atoms with Gasteiger partial charge in [-0.2, -0.15) is 5.10 Å². The summed E-state index contributed by atoms with van der Waals surface area (Å²) < 4.78 is 7.01. The number of primary amides is 1. The lowest BCUT2D eigenvalue weighted by Crippen LogP contribution is -2.17. The first-order chi connectivity index (χ1) is 9.10. The van der Waals surface area contributed by atoms with Gasteiger partial charge in [0.05, 0.1) is 20.1 Å². The van der Waals surface area contributed by atoms with Gasteiger partial charge in [-0.1, -0.05) is 12.1 Å². The van der Waals surface area contributed by atoms with Crippen molar-refractivity contribution in [3.8, 4) is 5.75 Å². The summed E-state index contributed by atoms with van der Waals surface area (Å²) in [6, 6.07) is 7.78. The van der Waals surface area contributed by atoms with E-state index in [1.54, 1.807) is 24.1 Å². The Morgan fingerprint density at radius 3 is 2.84 bits per heavy atom. The first-order valence-electron chi connectivity index (χ1n) is 6.02. The fourth-order valence-electron chi connectivity index (χ4n) is 2.04. The topological polar surface area (TPSA) is 70.1 Å². The van der Waals surface area contributed by atoms with Crippen LogP contribution in [0, 0.1) is 6.92 Å². The second-order valence-electron chi connectivity index (χ2n) is 4.43. The van der Waals surface area contributed by atoms with Crippen LogP contribution in [0.3, 0.4) is 0 Å². The number of ether oxygens (including phenoxy) is 1. The van der Waals surface area contributed by atoms with Gasteiger partial charge in [-0.15, -0.1) is 0 Å². The van der Waals surface area contributed by atoms with Gasteiger partial charge in [0, 0.05) is 11.9 Å². The molecule has 2 N–H and O–H groups in total. The van der Waals surface area contributed by atoms with E-state index in [-0.39, 0.29) is 12.3 Å². The lowest BCUT2D eigenvalue weighted by molar-refractivity contribution is -0.117. The molecule has 1 aromatic carbocycles. The van der Waals surface area contributed by atoms with Gasteiger partial charge >= 0.3 is 0 Å². The molecule has 19 heavy (non-hydrogen) atoms. The quantitative estimate of drug-likeness (QED) is 0.879. The molecule has 2 aromatic rings. The second-order valence-corrected chi connectivity index (χ2v) is 4.43. The highest BCUT2D eigenvalue weighted by Gasteiger charge is 2.07. The molecule has 0 spiro atoms. The molecule has 0 atom stereocenters. The molecule has 1 amide bonds. The maximum absolute atomic E-state index is 11.0. The Balaban J connectivity index is 2.19. The van der Waals surface area contributed by atoms with Gasteiger partial charge in [0.2, 0.25) is 5.91 Å². The van der Waals surface area contributed by atoms with Crippen molar-refractivity contribution in [2.45, 2.75) is 19.9 Å². The van der Waals surface area contributed by atoms with E-state index in [0.717, 1.165) is 22.6 Å². The predicted octanol–water partition coefficient (Wildman–Crippen LogP) is 1.28. The standard InChI is InChI=1S/C14H17N3O2/c1-10-7-11(3-4-13(10)19-2)9-17-12(5-6-16-17)8-14(15)18/h3-7H,8-9H2,1-2H3,(H2,15,18). The Bertz CT molecular complexity index is 590. The van der Waals surface area contributed by atoms with Crippen LogP contribution in [0.4, 0.5) is 0 Å². The average Bonchev–Trinajstić information content (AvgIpc) is 2.76. The molecule has 5 heteroatoms. The highest BCUT2D eigenvalue weighted by Crippen LogP contribution is 2.19. The molecular weight excluding hydrogens is 242 g/mol. The zero-order valence-corrected chi connectivity index (χ0v) is 11.1. The van der Waals surface area contributed by atoms with Crippen LogP contribution in [0.25, 0.3) is 0 Å². The number of carbonyl (C=O) groups excluding carboxylic acids is 1. The fraction of sp³-hybridized carbons (Fsp3) is 0.286. The number of benzene rings is 1. The number of methoxy groups -OCH3 is 1. The molecule has 1 aromatic heterocycles. The number of nitrogens with two attached hydrogens (primary N) is 1. The molecule has 5 nitrogen and oxygen atoms in total. The Labute approximate surface area is 112 Å². The van der Waals surface area contributed by atoms with Crippen LogP contribution in [0.5, 0.6) is 5.75 Å². The van der Waals surface area contributed by atoms with Crippen molar-refractivity contribution in [3.05, 3.63) is 47.3 Å². The lowest BCUT2D eigenvalue weighted by Gasteiger charge is -2.09. The summed E-state index contributed by atoms with van der Waals surface area (Å²) >= 11 is 0. The third-order valence-electron chi connectivity index (χ3n) is 2.95. The maximum Gasteiger partial charge on any atom is 0.223 e. The third-order valence-corrected chi connectivity index (χ3v) is 2.95. The van der Waals surface area contributed by atoms with Crippen molar-refractivity contribution in [3.63, 3.8) is 0 Å². The second kappa shape index (κ2) is 5.56. The van der Waals surface area contributed by atoms with Gasteiger partial charge in [-0.25, -0.2) is 0 Å². The summed E-state index contributed by atoms with van der Waals surface area (Å²) in [5, 5.41) is 4.21. The van der Waals surface area contributed by atoms with E-state index in [1.807, 2.05) is 19.1 Å². The first kappa shape index (κ1) is 13.1. The minimum atomic E-state index is -0.354. The van der Waals surface area contributed by atoms with Crippen molar-refractivity contribution < 1.29 is 9.53 Å². The van der Waals surface area contributed by atoms with Crippen molar-refractivity contribution in [2.75, 3.05) is 7.11 Å². The van der Waals surface area contributed by atoms with Gasteiger partial charge in [-0.3, -0.25) is 9.48 Å². The van der Waals surface area contributed by atoms with Gasteiger partial charge in [0.1, 0.15) is 5.75 Å². The highest BCUT2D eigenvalue weighted by molar-refractivity contribution is 5.76. The monoisotopic (exact) mass is 259 g/mol. The number of aromatic nitrogens is 2. The predicted molar refractivity (Wildman–Crippen MR) is 72.0 cm³/mol. The molecular formula is C14H17N3O2. The number of nitrogens with zero attached hydrogens (tertiary/aromatic N) is 2. The molecule has 0 aliphatic heterocycles. The van der Waals surface area contributed by atoms with E-state index < -0.39 is 0 Å². The molecule has 0 bridgehead atoms. The van der Waals surface area contributed by atoms with Crippen molar-refractivity contribution in [2.24, 2.45) is 5.73 Å². The summed E-state index contributed by atoms with van der Waals surface area (Å²) in [7, 11) is 1.65. The van der Waals surface area contributed by atoms with Crippen molar-refractivity contribution in [1.82, 2.24) is 9.78 Å². The number of hydrogen-bond acceptors (Lipinski definition) is 3. The van der Waals surface area contributed by atoms with Crippen LogP contribution < -0.4 is 10.5 Å². The molecule has 0 radical (unpaired) electrons. The lowest BCUT2D eigenvalue weighted by atomic mass is 10.1. The Hall–Kier alpha value is -2.30. The largest absolute Gasteiger partial charge is 0.496 e. The average molecular weight is 259 g/mol. The van der Waals surface area contributed by atoms with Crippen LogP contribution in [0.2, 0.25) is 0 Å². The fourth-order valence-corrected chi connectivity index (χ4v) is 2.04. The number of hydrogen-bond donors (Lipinski definition) is 1. The molecule has 0 unspecified atom stereocenters. The van der Waals surface area contributed by atoms with Crippen molar-refractivity contribution in [1.29, 1.82) is 0 Å². The Morgan fingerprint density at radius 1 is 1.42 bits per heavy atom. The molecule has 0 fully saturated rings. The minimum absolute atomic E-state index is 0.204. The molecule has 0 aliphatic carbocycles. The summed E-state index contributed by atoms with van der Waals surface area (Å²) in [5.41, 5.74) is 8.21. The van der Waals surface area contributed by atoms with Crippen LogP contribution in [-0.4, -0.2) is 22.8 Å². The smallest absolute Gasteiger partial charge is 0.223 e. The molecule has 2 rings (SSSR count). The zero-order chi connectivity index (χ0) is 13.8. The highest BCUT2D eigenvalue weighted by atomic mass is 16.5. The summed E-state index contributed by atoms with van der Waals surface area (Å²) in [6.45, 7) is 2.61. The van der Waals surface area contributed by atoms with Gasteiger partial charge in [-0.05, 0) is 30.2 Å². The van der Waals surface area contributed by atoms with Crippen LogP contribution >= 0.6 is 0 Å². The van der Waals surface area contributed by atoms with E-state index >= 15 is 0 Å². The SMILES string of the molecule is COc1ccc(Cn2nccc2CC(N)=O)cc1C. The summed E-state index contributed by atoms with van der Waals surface area (Å²) in [5.74, 6) is 0.509. The summed E-state index contributed by atoms with van der Waals surface area (Å²) in [6.07, 6.45) is 1.88. The molecule has 100 valence electrons. The molecule has 0 saturated carbocycles. The third kappa shape index (κ3) is 3.13. The Kier molecular flexibility index (Phi) is 3.85. The minimum Gasteiger partial charge on any atom is -0.496 e. The van der Waals surface area contributed by atoms with E-state index in [1.165, 1.54) is 0 Å². The number of carbonyl (C=O) groups is 1. The van der Waals surface area contributed by atoms with Gasteiger partial charge < -0.3 is 10.5 Å². The molecule has 0 saturated heterocycles. The molecule has 1 heterocycles. The number of aryl methyl sites for hydroxylation is 1. The zero-order valence-electron chi connectivity index (χ0n) is 11.1. The van der Waals surface area contributed by atoms with Crippen molar-refractivity contribution >= 4 is 5.91 Å². The number of amides is 1. The van der Waals surface area contributed by atoms with Crippen LogP contribution in [-0.2, 0) is 17.8 Å².